The van der Waals surface area contributed by atoms with Gasteiger partial charge < -0.3 is 20.1 Å². The number of likely N-dealkylation sites (tertiary alicyclic amines) is 1. The van der Waals surface area contributed by atoms with Gasteiger partial charge in [0.1, 0.15) is 12.6 Å². The Kier molecular flexibility index (Phi) is 8.03. The maximum Gasteiger partial charge on any atom is 0.410 e. The number of rotatable bonds is 8. The summed E-state index contributed by atoms with van der Waals surface area (Å²) < 4.78 is 5.36. The molecule has 31 heavy (non-hydrogen) atoms. The summed E-state index contributed by atoms with van der Waals surface area (Å²) in [5.74, 6) is -0.288. The molecule has 0 aromatic heterocycles. The first-order chi connectivity index (χ1) is 15.0. The molecule has 1 aliphatic rings. The number of β-amino-alcohol motifs (C(OH)–C–C–N with tert-alkyl or cyclic N) is 1. The van der Waals surface area contributed by atoms with Crippen molar-refractivity contribution in [3.63, 3.8) is 0 Å². The summed E-state index contributed by atoms with van der Waals surface area (Å²) in [6, 6.07) is 16.7. The van der Waals surface area contributed by atoms with Gasteiger partial charge in [0.25, 0.3) is 0 Å². The minimum Gasteiger partial charge on any atom is -0.445 e. The van der Waals surface area contributed by atoms with Crippen LogP contribution >= 0.6 is 0 Å². The van der Waals surface area contributed by atoms with E-state index in [4.69, 9.17) is 4.74 Å². The molecule has 2 amide bonds. The van der Waals surface area contributed by atoms with Crippen LogP contribution in [0, 0.1) is 0 Å². The summed E-state index contributed by atoms with van der Waals surface area (Å²) in [6.07, 6.45) is -1.13. The molecule has 0 bridgehead atoms. The molecule has 1 aliphatic heterocycles. The Labute approximate surface area is 183 Å². The number of nitrogens with zero attached hydrogens (tertiary/aromatic N) is 2. The van der Waals surface area contributed by atoms with Crippen LogP contribution < -0.4 is 5.32 Å². The third kappa shape index (κ3) is 6.54. The molecular weight excluding hydrogens is 394 g/mol. The van der Waals surface area contributed by atoms with Crippen LogP contribution in [0.2, 0.25) is 0 Å². The van der Waals surface area contributed by atoms with Crippen LogP contribution in [-0.2, 0) is 29.2 Å². The Balaban J connectivity index is 1.55. The highest BCUT2D eigenvalue weighted by Crippen LogP contribution is 2.20. The molecule has 7 nitrogen and oxygen atoms in total. The lowest BCUT2D eigenvalue weighted by molar-refractivity contribution is -0.125. The molecule has 0 unspecified atom stereocenters. The smallest absolute Gasteiger partial charge is 0.410 e. The van der Waals surface area contributed by atoms with Gasteiger partial charge in [0.05, 0.1) is 12.6 Å². The first-order valence-corrected chi connectivity index (χ1v) is 10.7. The van der Waals surface area contributed by atoms with E-state index in [0.717, 1.165) is 24.2 Å². The van der Waals surface area contributed by atoms with Crippen LogP contribution in [0.15, 0.2) is 54.6 Å². The average molecular weight is 426 g/mol. The normalized spacial score (nSPS) is 18.3. The van der Waals surface area contributed by atoms with Crippen molar-refractivity contribution in [1.82, 2.24) is 15.1 Å². The predicted octanol–water partition coefficient (Wildman–Crippen LogP) is 2.53. The average Bonchev–Trinajstić information content (AvgIpc) is 3.18. The number of hydrogen-bond donors (Lipinski definition) is 2. The van der Waals surface area contributed by atoms with Gasteiger partial charge in [-0.15, -0.1) is 0 Å². The molecule has 7 heteroatoms. The molecule has 0 spiro atoms. The Bertz CT molecular complexity index is 874. The van der Waals surface area contributed by atoms with Gasteiger partial charge in [-0.05, 0) is 30.3 Å². The number of ether oxygens (including phenoxy) is 1. The van der Waals surface area contributed by atoms with Crippen LogP contribution in [0.5, 0.6) is 0 Å². The number of hydrogen-bond acceptors (Lipinski definition) is 5. The van der Waals surface area contributed by atoms with Gasteiger partial charge >= 0.3 is 6.09 Å². The third-order valence-corrected chi connectivity index (χ3v) is 5.47. The molecule has 2 aromatic rings. The van der Waals surface area contributed by atoms with E-state index in [1.807, 2.05) is 42.5 Å². The van der Waals surface area contributed by atoms with Crippen molar-refractivity contribution in [2.75, 3.05) is 20.1 Å². The van der Waals surface area contributed by atoms with Gasteiger partial charge in [-0.1, -0.05) is 61.5 Å². The zero-order valence-electron chi connectivity index (χ0n) is 18.2. The SMILES string of the molecule is CCN(C)Cc1cccc(CNC(=O)[C@@H]2C[C@@H](O)CN2C(=O)OCc2ccccc2)c1. The molecule has 1 heterocycles. The molecular formula is C24H31N3O4. The molecule has 1 saturated heterocycles. The highest BCUT2D eigenvalue weighted by atomic mass is 16.6. The maximum atomic E-state index is 12.8. The number of aliphatic hydroxyl groups excluding tert-OH is 1. The minimum atomic E-state index is -0.743. The summed E-state index contributed by atoms with van der Waals surface area (Å²) >= 11 is 0. The summed E-state index contributed by atoms with van der Waals surface area (Å²) in [5.41, 5.74) is 3.04. The van der Waals surface area contributed by atoms with Crippen molar-refractivity contribution in [1.29, 1.82) is 0 Å². The molecule has 0 radical (unpaired) electrons. The van der Waals surface area contributed by atoms with Crippen molar-refractivity contribution in [2.24, 2.45) is 0 Å². The Morgan fingerprint density at radius 1 is 1.13 bits per heavy atom. The Morgan fingerprint density at radius 3 is 2.58 bits per heavy atom. The van der Waals surface area contributed by atoms with Crippen molar-refractivity contribution in [2.45, 2.75) is 45.2 Å². The molecule has 0 aliphatic carbocycles. The summed E-state index contributed by atoms with van der Waals surface area (Å²) in [7, 11) is 2.06. The lowest BCUT2D eigenvalue weighted by atomic mass is 10.1. The third-order valence-electron chi connectivity index (χ3n) is 5.47. The number of nitrogens with one attached hydrogen (secondary N) is 1. The predicted molar refractivity (Wildman–Crippen MR) is 118 cm³/mol. The lowest BCUT2D eigenvalue weighted by Crippen LogP contribution is -2.45. The molecule has 2 atom stereocenters. The van der Waals surface area contributed by atoms with Crippen LogP contribution in [0.4, 0.5) is 4.79 Å². The standard InChI is InChI=1S/C24H31N3O4/c1-3-26(2)15-20-11-7-10-19(12-20)14-25-23(29)22-13-21(28)16-27(22)24(30)31-17-18-8-5-4-6-9-18/h4-12,21-22,28H,3,13-17H2,1-2H3,(H,25,29)/t21-,22+/m1/s1. The molecule has 2 aromatic carbocycles. The number of amides is 2. The molecule has 166 valence electrons. The summed E-state index contributed by atoms with van der Waals surface area (Å²) in [6.45, 7) is 4.48. The molecule has 3 rings (SSSR count). The van der Waals surface area contributed by atoms with Crippen molar-refractivity contribution >= 4 is 12.0 Å². The van der Waals surface area contributed by atoms with Gasteiger partial charge in [-0.2, -0.15) is 0 Å². The highest BCUT2D eigenvalue weighted by molar-refractivity contribution is 5.86. The second kappa shape index (κ2) is 10.9. The second-order valence-electron chi connectivity index (χ2n) is 7.97. The summed E-state index contributed by atoms with van der Waals surface area (Å²) in [4.78, 5) is 28.8. The number of aliphatic hydroxyl groups is 1. The van der Waals surface area contributed by atoms with Crippen LogP contribution in [0.1, 0.15) is 30.0 Å². The quantitative estimate of drug-likeness (QED) is 0.679. The van der Waals surface area contributed by atoms with E-state index in [1.54, 1.807) is 0 Å². The van der Waals surface area contributed by atoms with E-state index in [9.17, 15) is 14.7 Å². The first kappa shape index (κ1) is 22.8. The number of carbonyl (C=O) groups is 2. The second-order valence-corrected chi connectivity index (χ2v) is 7.97. The number of carbonyl (C=O) groups excluding carboxylic acids is 2. The zero-order valence-corrected chi connectivity index (χ0v) is 18.2. The van der Waals surface area contributed by atoms with E-state index in [1.165, 1.54) is 10.5 Å². The van der Waals surface area contributed by atoms with E-state index >= 15 is 0 Å². The number of benzene rings is 2. The monoisotopic (exact) mass is 425 g/mol. The van der Waals surface area contributed by atoms with Gasteiger partial charge in [-0.3, -0.25) is 9.69 Å². The van der Waals surface area contributed by atoms with Gasteiger partial charge in [-0.25, -0.2) is 4.79 Å². The fourth-order valence-corrected chi connectivity index (χ4v) is 3.63. The van der Waals surface area contributed by atoms with Crippen molar-refractivity contribution < 1.29 is 19.4 Å². The van der Waals surface area contributed by atoms with E-state index in [2.05, 4.69) is 36.3 Å². The van der Waals surface area contributed by atoms with Crippen LogP contribution in [0.25, 0.3) is 0 Å². The molecule has 2 N–H and O–H groups in total. The highest BCUT2D eigenvalue weighted by Gasteiger charge is 2.39. The Hall–Kier alpha value is -2.90. The topological polar surface area (TPSA) is 82.1 Å². The molecule has 0 saturated carbocycles. The Morgan fingerprint density at radius 2 is 1.84 bits per heavy atom. The van der Waals surface area contributed by atoms with Crippen molar-refractivity contribution in [3.8, 4) is 0 Å². The van der Waals surface area contributed by atoms with Gasteiger partial charge in [0.2, 0.25) is 5.91 Å². The molecule has 1 fully saturated rings. The van der Waals surface area contributed by atoms with Crippen LogP contribution in [-0.4, -0.2) is 59.2 Å². The van der Waals surface area contributed by atoms with Crippen molar-refractivity contribution in [3.05, 3.63) is 71.3 Å². The zero-order chi connectivity index (χ0) is 22.2. The van der Waals surface area contributed by atoms with E-state index < -0.39 is 18.2 Å². The fraction of sp³-hybridized carbons (Fsp3) is 0.417. The van der Waals surface area contributed by atoms with Gasteiger partial charge in [0.15, 0.2) is 0 Å². The first-order valence-electron chi connectivity index (χ1n) is 10.7. The van der Waals surface area contributed by atoms with E-state index in [-0.39, 0.29) is 25.5 Å². The van der Waals surface area contributed by atoms with Gasteiger partial charge in [0, 0.05) is 19.5 Å². The van der Waals surface area contributed by atoms with E-state index in [0.29, 0.717) is 6.54 Å². The van der Waals surface area contributed by atoms with Crippen LogP contribution in [0.3, 0.4) is 0 Å². The lowest BCUT2D eigenvalue weighted by Gasteiger charge is -2.23. The summed E-state index contributed by atoms with van der Waals surface area (Å²) in [5, 5.41) is 12.9. The largest absolute Gasteiger partial charge is 0.445 e. The fourth-order valence-electron chi connectivity index (χ4n) is 3.63. The minimum absolute atomic E-state index is 0.0878. The maximum absolute atomic E-state index is 12.8.